The SMILES string of the molecule is I.c1ccc([P+](CCCC2C3(CCCC24OCCO4)OCCO3)(c2ccccc2)c2ccccc2)cc1. The normalized spacial score (nSPS) is 20.8. The molecule has 1 saturated carbocycles. The Labute approximate surface area is 238 Å². The molecule has 3 aliphatic rings. The van der Waals surface area contributed by atoms with Crippen LogP contribution in [0.25, 0.3) is 0 Å². The topological polar surface area (TPSA) is 36.9 Å². The van der Waals surface area contributed by atoms with Crippen LogP contribution in [0.15, 0.2) is 91.0 Å². The molecule has 0 unspecified atom stereocenters. The summed E-state index contributed by atoms with van der Waals surface area (Å²) in [6.07, 6.45) is 5.92. The van der Waals surface area contributed by atoms with Gasteiger partial charge in [0.15, 0.2) is 11.6 Å². The van der Waals surface area contributed by atoms with Crippen molar-refractivity contribution < 1.29 is 18.9 Å². The summed E-state index contributed by atoms with van der Waals surface area (Å²) >= 11 is 0. The van der Waals surface area contributed by atoms with Crippen molar-refractivity contribution in [2.75, 3.05) is 32.6 Å². The molecule has 0 radical (unpaired) electrons. The van der Waals surface area contributed by atoms with Crippen LogP contribution < -0.4 is 15.9 Å². The molecule has 4 nitrogen and oxygen atoms in total. The van der Waals surface area contributed by atoms with Gasteiger partial charge >= 0.3 is 0 Å². The van der Waals surface area contributed by atoms with E-state index in [-0.39, 0.29) is 29.9 Å². The second-order valence-electron chi connectivity index (χ2n) is 10.1. The highest BCUT2D eigenvalue weighted by atomic mass is 127. The fourth-order valence-corrected chi connectivity index (χ4v) is 11.1. The first-order chi connectivity index (χ1) is 17.8. The molecule has 6 rings (SSSR count). The van der Waals surface area contributed by atoms with Crippen LogP contribution in [-0.2, 0) is 18.9 Å². The van der Waals surface area contributed by atoms with Crippen molar-refractivity contribution in [3.8, 4) is 0 Å². The van der Waals surface area contributed by atoms with Gasteiger partial charge < -0.3 is 18.9 Å². The average molecular weight is 632 g/mol. The van der Waals surface area contributed by atoms with E-state index in [0.717, 1.165) is 38.3 Å². The Morgan fingerprint density at radius 1 is 0.595 bits per heavy atom. The first-order valence-corrected chi connectivity index (χ1v) is 15.4. The zero-order valence-corrected chi connectivity index (χ0v) is 24.5. The zero-order chi connectivity index (χ0) is 24.3. The molecule has 3 fully saturated rings. The minimum atomic E-state index is -1.87. The number of halogens is 1. The van der Waals surface area contributed by atoms with Crippen molar-refractivity contribution in [3.05, 3.63) is 91.0 Å². The lowest BCUT2D eigenvalue weighted by Gasteiger charge is -2.48. The first-order valence-electron chi connectivity index (χ1n) is 13.4. The fourth-order valence-electron chi connectivity index (χ4n) is 6.75. The Kier molecular flexibility index (Phi) is 8.69. The molecule has 1 aliphatic carbocycles. The summed E-state index contributed by atoms with van der Waals surface area (Å²) in [4.78, 5) is 0. The molecule has 0 bridgehead atoms. The Hall–Kier alpha value is -1.34. The van der Waals surface area contributed by atoms with Crippen molar-refractivity contribution in [2.24, 2.45) is 5.92 Å². The van der Waals surface area contributed by atoms with E-state index in [1.165, 1.54) is 15.9 Å². The lowest BCUT2D eigenvalue weighted by atomic mass is 9.75. The van der Waals surface area contributed by atoms with Crippen LogP contribution in [0.3, 0.4) is 0 Å². The lowest BCUT2D eigenvalue weighted by molar-refractivity contribution is -0.319. The number of ether oxygens (including phenoxy) is 4. The first kappa shape index (κ1) is 27.2. The van der Waals surface area contributed by atoms with E-state index in [1.807, 2.05) is 0 Å². The van der Waals surface area contributed by atoms with E-state index in [4.69, 9.17) is 18.9 Å². The van der Waals surface area contributed by atoms with Crippen LogP contribution in [0.2, 0.25) is 0 Å². The van der Waals surface area contributed by atoms with Gasteiger partial charge in [-0.1, -0.05) is 54.6 Å². The van der Waals surface area contributed by atoms with E-state index >= 15 is 0 Å². The molecule has 3 aromatic rings. The van der Waals surface area contributed by atoms with Gasteiger partial charge in [0.25, 0.3) is 0 Å². The predicted molar refractivity (Wildman–Crippen MR) is 161 cm³/mol. The van der Waals surface area contributed by atoms with Crippen molar-refractivity contribution in [1.29, 1.82) is 0 Å². The van der Waals surface area contributed by atoms with Crippen LogP contribution in [-0.4, -0.2) is 44.2 Å². The summed E-state index contributed by atoms with van der Waals surface area (Å²) in [5.41, 5.74) is 0. The highest BCUT2D eigenvalue weighted by Crippen LogP contribution is 2.57. The van der Waals surface area contributed by atoms with Gasteiger partial charge in [-0.3, -0.25) is 0 Å². The molecule has 37 heavy (non-hydrogen) atoms. The Bertz CT molecular complexity index is 995. The van der Waals surface area contributed by atoms with Gasteiger partial charge in [-0.05, 0) is 55.7 Å². The van der Waals surface area contributed by atoms with Crippen LogP contribution in [0, 0.1) is 5.92 Å². The molecule has 0 aromatic heterocycles. The predicted octanol–water partition coefficient (Wildman–Crippen LogP) is 5.67. The molecule has 2 spiro atoms. The molecular weight excluding hydrogens is 594 g/mol. The maximum Gasteiger partial charge on any atom is 0.176 e. The van der Waals surface area contributed by atoms with Crippen LogP contribution in [0.1, 0.15) is 32.1 Å². The quantitative estimate of drug-likeness (QED) is 0.249. The van der Waals surface area contributed by atoms with Gasteiger partial charge in [-0.15, -0.1) is 24.0 Å². The molecule has 2 heterocycles. The van der Waals surface area contributed by atoms with Gasteiger partial charge in [-0.2, -0.15) is 0 Å². The van der Waals surface area contributed by atoms with Crippen molar-refractivity contribution >= 4 is 47.2 Å². The van der Waals surface area contributed by atoms with Gasteiger partial charge in [0.05, 0.1) is 38.5 Å². The Morgan fingerprint density at radius 2 is 0.973 bits per heavy atom. The minimum absolute atomic E-state index is 0. The Balaban J connectivity index is 0.00000280. The van der Waals surface area contributed by atoms with E-state index in [9.17, 15) is 0 Å². The minimum Gasteiger partial charge on any atom is -0.347 e. The van der Waals surface area contributed by atoms with Crippen LogP contribution in [0.5, 0.6) is 0 Å². The van der Waals surface area contributed by atoms with E-state index in [1.54, 1.807) is 0 Å². The van der Waals surface area contributed by atoms with Crippen molar-refractivity contribution in [1.82, 2.24) is 0 Å². The van der Waals surface area contributed by atoms with E-state index in [2.05, 4.69) is 91.0 Å². The van der Waals surface area contributed by atoms with Crippen LogP contribution in [0.4, 0.5) is 0 Å². The largest absolute Gasteiger partial charge is 0.347 e. The Morgan fingerprint density at radius 3 is 1.35 bits per heavy atom. The lowest BCUT2D eigenvalue weighted by Crippen LogP contribution is -2.56. The third kappa shape index (κ3) is 5.04. The van der Waals surface area contributed by atoms with Gasteiger partial charge in [0, 0.05) is 12.8 Å². The van der Waals surface area contributed by atoms with Crippen LogP contribution >= 0.6 is 31.2 Å². The summed E-state index contributed by atoms with van der Waals surface area (Å²) in [7, 11) is -1.87. The molecule has 0 amide bonds. The summed E-state index contributed by atoms with van der Waals surface area (Å²) in [6.45, 7) is 2.62. The number of rotatable bonds is 7. The summed E-state index contributed by atoms with van der Waals surface area (Å²) in [5, 5.41) is 4.28. The zero-order valence-electron chi connectivity index (χ0n) is 21.3. The summed E-state index contributed by atoms with van der Waals surface area (Å²) < 4.78 is 25.4. The second kappa shape index (κ2) is 11.8. The molecule has 196 valence electrons. The molecular formula is C31H37IO4P+. The van der Waals surface area contributed by atoms with Crippen molar-refractivity contribution in [2.45, 2.75) is 43.7 Å². The van der Waals surface area contributed by atoms with Gasteiger partial charge in [0.1, 0.15) is 23.2 Å². The number of benzene rings is 3. The molecule has 0 atom stereocenters. The highest BCUT2D eigenvalue weighted by Gasteiger charge is 2.60. The second-order valence-corrected chi connectivity index (χ2v) is 13.7. The molecule has 3 aromatic carbocycles. The maximum atomic E-state index is 6.34. The summed E-state index contributed by atoms with van der Waals surface area (Å²) in [6, 6.07) is 33.4. The maximum absolute atomic E-state index is 6.34. The molecule has 2 saturated heterocycles. The van der Waals surface area contributed by atoms with Crippen molar-refractivity contribution in [3.63, 3.8) is 0 Å². The number of hydrogen-bond acceptors (Lipinski definition) is 4. The standard InChI is InChI=1S/C31H36O4P.HI/c1-4-12-26(13-5-1)36(27-14-6-2-7-15-27,28-16-8-3-9-17-28)25-10-18-29-30(32-21-22-33-30)19-11-20-31(29)34-23-24-35-31;/h1-9,12-17,29H,10-11,18-25H2;1H/q+1;. The monoisotopic (exact) mass is 631 g/mol. The molecule has 2 aliphatic heterocycles. The third-order valence-corrected chi connectivity index (χ3v) is 12.8. The third-order valence-electron chi connectivity index (χ3n) is 8.24. The molecule has 6 heteroatoms. The van der Waals surface area contributed by atoms with Gasteiger partial charge in [-0.25, -0.2) is 0 Å². The van der Waals surface area contributed by atoms with E-state index < -0.39 is 18.8 Å². The summed E-state index contributed by atoms with van der Waals surface area (Å²) in [5.74, 6) is -1.07. The fraction of sp³-hybridized carbons (Fsp3) is 0.419. The highest BCUT2D eigenvalue weighted by molar-refractivity contribution is 14.0. The average Bonchev–Trinajstić information content (AvgIpc) is 3.61. The van der Waals surface area contributed by atoms with Gasteiger partial charge in [0.2, 0.25) is 0 Å². The number of hydrogen-bond donors (Lipinski definition) is 0. The smallest absolute Gasteiger partial charge is 0.176 e. The van der Waals surface area contributed by atoms with E-state index in [0.29, 0.717) is 26.4 Å². The molecule has 0 N–H and O–H groups in total.